The summed E-state index contributed by atoms with van der Waals surface area (Å²) >= 11 is 0. The molecule has 0 spiro atoms. The van der Waals surface area contributed by atoms with Crippen LogP contribution in [0.2, 0.25) is 0 Å². The summed E-state index contributed by atoms with van der Waals surface area (Å²) < 4.78 is 4.81. The van der Waals surface area contributed by atoms with Crippen molar-refractivity contribution in [1.29, 1.82) is 0 Å². The zero-order chi connectivity index (χ0) is 13.5. The van der Waals surface area contributed by atoms with E-state index in [1.165, 1.54) is 7.11 Å². The summed E-state index contributed by atoms with van der Waals surface area (Å²) in [5, 5.41) is 0. The van der Waals surface area contributed by atoms with Crippen molar-refractivity contribution in [2.45, 2.75) is 25.8 Å². The number of rotatable bonds is 5. The van der Waals surface area contributed by atoms with E-state index in [0.29, 0.717) is 32.6 Å². The largest absolute Gasteiger partial charge is 0.375 e. The highest BCUT2D eigenvalue weighted by Crippen LogP contribution is 2.06. The van der Waals surface area contributed by atoms with Crippen molar-refractivity contribution in [3.63, 3.8) is 0 Å². The standard InChI is InChI=1S/C12H23N3O3/c1-3-4-10(13)12(17)15-7-5-14(6-8-15)11(16)9-18-2/h10H,3-9,13H2,1-2H3/t10-/m0/s1. The lowest BCUT2D eigenvalue weighted by atomic mass is 10.1. The maximum Gasteiger partial charge on any atom is 0.248 e. The molecule has 18 heavy (non-hydrogen) atoms. The maximum atomic E-state index is 12.0. The summed E-state index contributed by atoms with van der Waals surface area (Å²) in [5.74, 6) is -0.0295. The first kappa shape index (κ1) is 14.9. The molecule has 2 amide bonds. The minimum Gasteiger partial charge on any atom is -0.375 e. The highest BCUT2D eigenvalue weighted by Gasteiger charge is 2.26. The third-order valence-corrected chi connectivity index (χ3v) is 3.13. The van der Waals surface area contributed by atoms with Gasteiger partial charge in [-0.1, -0.05) is 13.3 Å². The Hall–Kier alpha value is -1.14. The molecule has 0 aromatic heterocycles. The SMILES string of the molecule is CCC[C@H](N)C(=O)N1CCN(C(=O)COC)CC1. The van der Waals surface area contributed by atoms with Crippen LogP contribution in [-0.2, 0) is 14.3 Å². The van der Waals surface area contributed by atoms with Crippen LogP contribution in [0.3, 0.4) is 0 Å². The first-order chi connectivity index (χ1) is 8.60. The van der Waals surface area contributed by atoms with Crippen molar-refractivity contribution < 1.29 is 14.3 Å². The van der Waals surface area contributed by atoms with Gasteiger partial charge in [0.15, 0.2) is 0 Å². The molecular formula is C12H23N3O3. The lowest BCUT2D eigenvalue weighted by molar-refractivity contribution is -0.142. The van der Waals surface area contributed by atoms with E-state index in [4.69, 9.17) is 10.5 Å². The van der Waals surface area contributed by atoms with Gasteiger partial charge in [0.1, 0.15) is 6.61 Å². The van der Waals surface area contributed by atoms with Gasteiger partial charge in [-0.3, -0.25) is 9.59 Å². The van der Waals surface area contributed by atoms with Gasteiger partial charge >= 0.3 is 0 Å². The van der Waals surface area contributed by atoms with E-state index in [1.807, 2.05) is 6.92 Å². The number of nitrogens with two attached hydrogens (primary N) is 1. The second-order valence-electron chi connectivity index (χ2n) is 4.53. The van der Waals surface area contributed by atoms with Crippen LogP contribution in [0.25, 0.3) is 0 Å². The van der Waals surface area contributed by atoms with E-state index in [-0.39, 0.29) is 18.4 Å². The molecule has 1 aliphatic rings. The highest BCUT2D eigenvalue weighted by molar-refractivity contribution is 5.82. The van der Waals surface area contributed by atoms with Gasteiger partial charge in [-0.25, -0.2) is 0 Å². The molecule has 0 unspecified atom stereocenters. The molecule has 6 heteroatoms. The molecule has 1 rings (SSSR count). The van der Waals surface area contributed by atoms with Crippen LogP contribution in [0.15, 0.2) is 0 Å². The first-order valence-corrected chi connectivity index (χ1v) is 6.41. The zero-order valence-corrected chi connectivity index (χ0v) is 11.2. The Morgan fingerprint density at radius 2 is 1.78 bits per heavy atom. The summed E-state index contributed by atoms with van der Waals surface area (Å²) in [6.45, 7) is 4.36. The van der Waals surface area contributed by atoms with E-state index in [9.17, 15) is 9.59 Å². The fourth-order valence-corrected chi connectivity index (χ4v) is 2.06. The van der Waals surface area contributed by atoms with Crippen LogP contribution >= 0.6 is 0 Å². The molecule has 1 atom stereocenters. The van der Waals surface area contributed by atoms with E-state index >= 15 is 0 Å². The van der Waals surface area contributed by atoms with Crippen molar-refractivity contribution in [1.82, 2.24) is 9.80 Å². The Labute approximate surface area is 108 Å². The third kappa shape index (κ3) is 3.96. The lowest BCUT2D eigenvalue weighted by Crippen LogP contribution is -2.54. The van der Waals surface area contributed by atoms with Gasteiger partial charge < -0.3 is 20.3 Å². The molecule has 0 aromatic rings. The number of methoxy groups -OCH3 is 1. The third-order valence-electron chi connectivity index (χ3n) is 3.13. The number of piperazine rings is 1. The van der Waals surface area contributed by atoms with Crippen LogP contribution in [0.5, 0.6) is 0 Å². The number of hydrogen-bond donors (Lipinski definition) is 1. The lowest BCUT2D eigenvalue weighted by Gasteiger charge is -2.35. The van der Waals surface area contributed by atoms with Crippen molar-refractivity contribution in [2.75, 3.05) is 39.9 Å². The normalized spacial score (nSPS) is 17.7. The molecular weight excluding hydrogens is 234 g/mol. The highest BCUT2D eigenvalue weighted by atomic mass is 16.5. The fourth-order valence-electron chi connectivity index (χ4n) is 2.06. The summed E-state index contributed by atoms with van der Waals surface area (Å²) in [5.41, 5.74) is 5.81. The zero-order valence-electron chi connectivity index (χ0n) is 11.2. The monoisotopic (exact) mass is 257 g/mol. The van der Waals surface area contributed by atoms with E-state index in [2.05, 4.69) is 0 Å². The molecule has 1 fully saturated rings. The van der Waals surface area contributed by atoms with Crippen LogP contribution in [0, 0.1) is 0 Å². The quantitative estimate of drug-likeness (QED) is 0.715. The topological polar surface area (TPSA) is 75.9 Å². The smallest absolute Gasteiger partial charge is 0.248 e. The molecule has 104 valence electrons. The van der Waals surface area contributed by atoms with E-state index in [1.54, 1.807) is 9.80 Å². The summed E-state index contributed by atoms with van der Waals surface area (Å²) in [7, 11) is 1.50. The van der Waals surface area contributed by atoms with Gasteiger partial charge in [0.05, 0.1) is 6.04 Å². The van der Waals surface area contributed by atoms with Gasteiger partial charge in [0, 0.05) is 33.3 Å². The minimum absolute atomic E-state index is 0.00399. The molecule has 1 aliphatic heterocycles. The van der Waals surface area contributed by atoms with E-state index in [0.717, 1.165) is 6.42 Å². The van der Waals surface area contributed by atoms with Crippen molar-refractivity contribution in [3.8, 4) is 0 Å². The van der Waals surface area contributed by atoms with Gasteiger partial charge in [0.2, 0.25) is 11.8 Å². The Morgan fingerprint density at radius 3 is 2.28 bits per heavy atom. The minimum atomic E-state index is -0.406. The molecule has 0 aliphatic carbocycles. The van der Waals surface area contributed by atoms with Crippen LogP contribution in [0.4, 0.5) is 0 Å². The van der Waals surface area contributed by atoms with Crippen LogP contribution in [0.1, 0.15) is 19.8 Å². The van der Waals surface area contributed by atoms with Gasteiger partial charge in [-0.05, 0) is 6.42 Å². The molecule has 0 radical (unpaired) electrons. The maximum absolute atomic E-state index is 12.0. The predicted octanol–water partition coefficient (Wildman–Crippen LogP) is -0.569. The Balaban J connectivity index is 2.39. The molecule has 0 aromatic carbocycles. The molecule has 2 N–H and O–H groups in total. The number of hydrogen-bond acceptors (Lipinski definition) is 4. The molecule has 6 nitrogen and oxygen atoms in total. The fraction of sp³-hybridized carbons (Fsp3) is 0.833. The average molecular weight is 257 g/mol. The summed E-state index contributed by atoms with van der Waals surface area (Å²) in [6.07, 6.45) is 1.61. The van der Waals surface area contributed by atoms with Crippen molar-refractivity contribution >= 4 is 11.8 Å². The molecule has 1 saturated heterocycles. The second-order valence-corrected chi connectivity index (χ2v) is 4.53. The van der Waals surface area contributed by atoms with Crippen LogP contribution < -0.4 is 5.73 Å². The number of nitrogens with zero attached hydrogens (tertiary/aromatic N) is 2. The number of ether oxygens (including phenoxy) is 1. The van der Waals surface area contributed by atoms with Crippen molar-refractivity contribution in [2.24, 2.45) is 5.73 Å². The summed E-state index contributed by atoms with van der Waals surface area (Å²) in [6, 6.07) is -0.406. The number of amides is 2. The molecule has 0 saturated carbocycles. The van der Waals surface area contributed by atoms with E-state index < -0.39 is 6.04 Å². The van der Waals surface area contributed by atoms with Crippen LogP contribution in [-0.4, -0.2) is 67.6 Å². The average Bonchev–Trinajstić information content (AvgIpc) is 2.38. The molecule has 0 bridgehead atoms. The summed E-state index contributed by atoms with van der Waals surface area (Å²) in [4.78, 5) is 27.0. The first-order valence-electron chi connectivity index (χ1n) is 6.41. The predicted molar refractivity (Wildman–Crippen MR) is 67.9 cm³/mol. The van der Waals surface area contributed by atoms with Gasteiger partial charge in [-0.2, -0.15) is 0 Å². The number of carbonyl (C=O) groups is 2. The van der Waals surface area contributed by atoms with Gasteiger partial charge in [0.25, 0.3) is 0 Å². The Bertz CT molecular complexity index is 288. The Morgan fingerprint density at radius 1 is 1.22 bits per heavy atom. The Kier molecular flexibility index (Phi) is 6.07. The van der Waals surface area contributed by atoms with Crippen molar-refractivity contribution in [3.05, 3.63) is 0 Å². The molecule has 1 heterocycles. The van der Waals surface area contributed by atoms with Gasteiger partial charge in [-0.15, -0.1) is 0 Å². The second kappa shape index (κ2) is 7.33. The number of carbonyl (C=O) groups excluding carboxylic acids is 2.